The van der Waals surface area contributed by atoms with Crippen LogP contribution in [0.2, 0.25) is 0 Å². The van der Waals surface area contributed by atoms with Gasteiger partial charge in [0.15, 0.2) is 6.04 Å². The first-order valence-electron chi connectivity index (χ1n) is 29.1. The van der Waals surface area contributed by atoms with Crippen LogP contribution in [0.25, 0.3) is 5.57 Å². The lowest BCUT2D eigenvalue weighted by Gasteiger charge is -2.36. The Morgan fingerprint density at radius 3 is 1.64 bits per heavy atom. The van der Waals surface area contributed by atoms with Gasteiger partial charge in [-0.15, -0.1) is 0 Å². The van der Waals surface area contributed by atoms with Gasteiger partial charge in [0.25, 0.3) is 11.8 Å². The molecule has 76 heavy (non-hydrogen) atoms. The van der Waals surface area contributed by atoms with Crippen LogP contribution >= 0.6 is 0 Å². The highest BCUT2D eigenvalue weighted by molar-refractivity contribution is 6.39. The lowest BCUT2D eigenvalue weighted by atomic mass is 9.80. The summed E-state index contributed by atoms with van der Waals surface area (Å²) in [4.78, 5) is 43.1. The zero-order valence-electron chi connectivity index (χ0n) is 45.7. The molecule has 9 rings (SSSR count). The van der Waals surface area contributed by atoms with Gasteiger partial charge in [-0.05, 0) is 169 Å². The van der Waals surface area contributed by atoms with Gasteiger partial charge in [0, 0.05) is 61.1 Å². The largest absolute Gasteiger partial charge is 0.506 e. The molecule has 4 aromatic carbocycles. The molecule has 5 aliphatic rings. The Morgan fingerprint density at radius 2 is 1.09 bits per heavy atom. The maximum Gasteiger partial charge on any atom is 0.261 e. The molecule has 4 aliphatic carbocycles. The highest BCUT2D eigenvalue weighted by atomic mass is 16.5. The molecule has 2 fully saturated rings. The molecule has 1 heterocycles. The second-order valence-electron chi connectivity index (χ2n) is 21.7. The number of allylic oxidation sites excluding steroid dienone is 7. The van der Waals surface area contributed by atoms with Crippen molar-refractivity contribution in [3.63, 3.8) is 0 Å². The van der Waals surface area contributed by atoms with Gasteiger partial charge in [-0.1, -0.05) is 62.8 Å². The van der Waals surface area contributed by atoms with E-state index in [0.29, 0.717) is 47.5 Å². The third kappa shape index (κ3) is 12.5. The van der Waals surface area contributed by atoms with Gasteiger partial charge >= 0.3 is 0 Å². The number of unbranched alkanes of at least 4 members (excludes halogenated alkanes) is 6. The number of imide groups is 1. The molecular formula is C66H82N4O6+2. The molecule has 0 bridgehead atoms. The number of Topliss-reactive ketones (excluding diaryl/α,β-unsaturated/α-hetero) is 1. The number of fused-ring (bicyclic) bond motifs is 1. The molecular weight excluding hydrogens is 945 g/mol. The van der Waals surface area contributed by atoms with E-state index in [1.165, 1.54) is 93.3 Å². The van der Waals surface area contributed by atoms with Crippen molar-refractivity contribution in [1.29, 1.82) is 0 Å². The Hall–Kier alpha value is -6.52. The number of carbonyl (C=O) groups excluding carboxylic acids is 3. The fraction of sp³-hybridized carbons (Fsp3) is 0.455. The predicted molar refractivity (Wildman–Crippen MR) is 306 cm³/mol. The number of ether oxygens (including phenoxy) is 2. The Morgan fingerprint density at radius 1 is 0.579 bits per heavy atom. The molecule has 0 atom stereocenters. The Bertz CT molecular complexity index is 2740. The predicted octanol–water partition coefficient (Wildman–Crippen LogP) is 14.6. The molecule has 0 aromatic heterocycles. The van der Waals surface area contributed by atoms with E-state index in [-0.39, 0.29) is 23.4 Å². The van der Waals surface area contributed by atoms with Gasteiger partial charge in [0.05, 0.1) is 61.7 Å². The van der Waals surface area contributed by atoms with Crippen LogP contribution in [0.5, 0.6) is 11.5 Å². The number of carbonyl (C=O) groups is 3. The van der Waals surface area contributed by atoms with Gasteiger partial charge in [0.2, 0.25) is 17.2 Å². The summed E-state index contributed by atoms with van der Waals surface area (Å²) in [6, 6.07) is 32.8. The van der Waals surface area contributed by atoms with E-state index < -0.39 is 0 Å². The van der Waals surface area contributed by atoms with Crippen molar-refractivity contribution >= 4 is 45.9 Å². The van der Waals surface area contributed by atoms with E-state index >= 15 is 0 Å². The lowest BCUT2D eigenvalue weighted by Crippen LogP contribution is -2.48. The summed E-state index contributed by atoms with van der Waals surface area (Å²) >= 11 is 0. The number of amides is 2. The Kier molecular flexibility index (Phi) is 18.6. The van der Waals surface area contributed by atoms with E-state index in [0.717, 1.165) is 110 Å². The Labute approximate surface area is 452 Å². The molecule has 10 nitrogen and oxygen atoms in total. The van der Waals surface area contributed by atoms with Gasteiger partial charge in [-0.3, -0.25) is 19.3 Å². The molecule has 1 N–H and O–H groups in total. The standard InChI is InChI=1S/C66H81N4O6/c1-4-70(5-2,6-3)46-20-8-10-22-48-76-58-43-39-56(40-44-58)69(52-25-15-12-16-26-52)54-35-31-50(32-36-54)62-63(71)61(64(62)72)49-29-33-53(34-30-49)68(51-23-13-11-14-24-51)55-37-41-57(42-38-55)75-47-21-9-7-19-45-67-65(73)59-27-17-18-28-60(59)66(67)74/h17-18,27-44,51-52H,4-16,19-26,45-48H2,1-3H3/q+1/p+1. The molecule has 0 spiro atoms. The van der Waals surface area contributed by atoms with Crippen LogP contribution in [-0.4, -0.2) is 100 Å². The maximum atomic E-state index is 13.9. The quantitative estimate of drug-likeness (QED) is 0.0232. The van der Waals surface area contributed by atoms with Crippen LogP contribution in [0.15, 0.2) is 138 Å². The summed E-state index contributed by atoms with van der Waals surface area (Å²) in [5.41, 5.74) is 7.57. The first kappa shape index (κ1) is 54.3. The minimum Gasteiger partial charge on any atom is -0.506 e. The number of anilines is 2. The topological polar surface area (TPSA) is 99.4 Å². The number of aliphatic hydroxyl groups excluding tert-OH is 1. The van der Waals surface area contributed by atoms with Crippen molar-refractivity contribution in [1.82, 2.24) is 4.90 Å². The smallest absolute Gasteiger partial charge is 0.261 e. The second-order valence-corrected chi connectivity index (χ2v) is 21.7. The van der Waals surface area contributed by atoms with E-state index in [1.807, 2.05) is 36.4 Å². The molecule has 10 heteroatoms. The van der Waals surface area contributed by atoms with E-state index in [4.69, 9.17) is 9.47 Å². The highest BCUT2D eigenvalue weighted by Crippen LogP contribution is 2.41. The summed E-state index contributed by atoms with van der Waals surface area (Å²) in [5.74, 6) is 1.27. The van der Waals surface area contributed by atoms with Crippen molar-refractivity contribution in [3.05, 3.63) is 155 Å². The fourth-order valence-electron chi connectivity index (χ4n) is 12.3. The van der Waals surface area contributed by atoms with Crippen LogP contribution in [-0.2, 0) is 4.79 Å². The summed E-state index contributed by atoms with van der Waals surface area (Å²) in [6.07, 6.45) is 28.3. The molecule has 4 aromatic rings. The first-order valence-corrected chi connectivity index (χ1v) is 29.1. The van der Waals surface area contributed by atoms with Crippen LogP contribution in [0.3, 0.4) is 0 Å². The average Bonchev–Trinajstić information content (AvgIpc) is 3.74. The SMILES string of the molecule is CC[N+](CC)(CC)CCCCCCOc1ccc([N+](=C2C=CC(=C3C(=O)C(c4ccc(N(c5ccc(OCCCCCCN6C(=O)c7ccccc7C6=O)cc5)C5CCCCC5)cc4)=C3O)C=C2)C2CCCCC2)cc1. The monoisotopic (exact) mass is 1030 g/mol. The first-order chi connectivity index (χ1) is 37.2. The molecule has 0 saturated heterocycles. The highest BCUT2D eigenvalue weighted by Gasteiger charge is 2.38. The molecule has 1 aliphatic heterocycles. The van der Waals surface area contributed by atoms with Crippen molar-refractivity contribution in [2.45, 2.75) is 148 Å². The zero-order valence-corrected chi connectivity index (χ0v) is 45.7. The molecule has 0 unspecified atom stereocenters. The number of benzene rings is 4. The van der Waals surface area contributed by atoms with Crippen LogP contribution in [0.4, 0.5) is 17.1 Å². The molecule has 2 amide bonds. The minimum atomic E-state index is -0.190. The van der Waals surface area contributed by atoms with E-state index in [1.54, 1.807) is 24.3 Å². The van der Waals surface area contributed by atoms with Gasteiger partial charge in [-0.25, -0.2) is 0 Å². The van der Waals surface area contributed by atoms with Crippen molar-refractivity contribution in [2.24, 2.45) is 0 Å². The molecule has 0 radical (unpaired) electrons. The normalized spacial score (nSPS) is 17.2. The summed E-state index contributed by atoms with van der Waals surface area (Å²) < 4.78 is 16.1. The zero-order chi connectivity index (χ0) is 52.9. The average molecular weight is 1030 g/mol. The summed E-state index contributed by atoms with van der Waals surface area (Å²) in [5, 5.41) is 11.5. The third-order valence-corrected chi connectivity index (χ3v) is 17.1. The minimum absolute atomic E-state index is 0.0529. The van der Waals surface area contributed by atoms with Crippen molar-refractivity contribution in [2.75, 3.05) is 50.8 Å². The number of hydrogen-bond acceptors (Lipinski definition) is 7. The van der Waals surface area contributed by atoms with Crippen LogP contribution < -0.4 is 14.4 Å². The van der Waals surface area contributed by atoms with Gasteiger partial charge in [0.1, 0.15) is 17.3 Å². The van der Waals surface area contributed by atoms with Crippen molar-refractivity contribution in [3.8, 4) is 11.5 Å². The summed E-state index contributed by atoms with van der Waals surface area (Å²) in [7, 11) is 0. The van der Waals surface area contributed by atoms with Gasteiger partial charge < -0.3 is 24.0 Å². The number of quaternary nitrogens is 1. The van der Waals surface area contributed by atoms with Crippen LogP contribution in [0, 0.1) is 0 Å². The molecule has 2 saturated carbocycles. The third-order valence-electron chi connectivity index (χ3n) is 17.1. The lowest BCUT2D eigenvalue weighted by molar-refractivity contribution is -0.923. The van der Waals surface area contributed by atoms with Crippen LogP contribution in [0.1, 0.15) is 163 Å². The molecule has 400 valence electrons. The van der Waals surface area contributed by atoms with Crippen molar-refractivity contribution < 1.29 is 38.0 Å². The second kappa shape index (κ2) is 26.0. The Balaban J connectivity index is 0.798. The maximum absolute atomic E-state index is 13.9. The summed E-state index contributed by atoms with van der Waals surface area (Å²) in [6.45, 7) is 13.7. The van der Waals surface area contributed by atoms with Gasteiger partial charge in [-0.2, -0.15) is 4.58 Å². The fourth-order valence-corrected chi connectivity index (χ4v) is 12.3. The number of hydrogen-bond donors (Lipinski definition) is 1. The number of ketones is 1. The number of aliphatic hydroxyl groups is 1. The number of rotatable bonds is 25. The van der Waals surface area contributed by atoms with E-state index in [2.05, 4.69) is 90.9 Å². The number of nitrogens with zero attached hydrogens (tertiary/aromatic N) is 4. The van der Waals surface area contributed by atoms with E-state index in [9.17, 15) is 19.5 Å².